The van der Waals surface area contributed by atoms with Crippen LogP contribution in [-0.4, -0.2) is 61.3 Å². The van der Waals surface area contributed by atoms with Gasteiger partial charge in [-0.2, -0.15) is 13.2 Å². The molecule has 3 nitrogen and oxygen atoms in total. The van der Waals surface area contributed by atoms with Crippen molar-refractivity contribution in [2.24, 2.45) is 0 Å². The Bertz CT molecular complexity index is 400. The summed E-state index contributed by atoms with van der Waals surface area (Å²) in [5.74, 6) is 0. The largest absolute Gasteiger partial charge is 0.401 e. The first kappa shape index (κ1) is 16.7. The van der Waals surface area contributed by atoms with Crippen molar-refractivity contribution in [3.8, 4) is 0 Å². The molecule has 2 rings (SSSR count). The van der Waals surface area contributed by atoms with Crippen molar-refractivity contribution in [2.75, 3.05) is 39.3 Å². The maximum atomic E-state index is 12.3. The highest BCUT2D eigenvalue weighted by molar-refractivity contribution is 7.09. The Morgan fingerprint density at radius 2 is 2.00 bits per heavy atom. The lowest BCUT2D eigenvalue weighted by Gasteiger charge is -2.38. The summed E-state index contributed by atoms with van der Waals surface area (Å²) in [6, 6.07) is 4.47. The minimum absolute atomic E-state index is 0.345. The molecule has 21 heavy (non-hydrogen) atoms. The second-order valence-corrected chi connectivity index (χ2v) is 6.52. The second-order valence-electron chi connectivity index (χ2n) is 5.49. The summed E-state index contributed by atoms with van der Waals surface area (Å²) >= 11 is 1.73. The van der Waals surface area contributed by atoms with Crippen molar-refractivity contribution in [1.29, 1.82) is 0 Å². The Morgan fingerprint density at radius 3 is 2.57 bits per heavy atom. The van der Waals surface area contributed by atoms with E-state index in [1.807, 2.05) is 6.07 Å². The molecule has 120 valence electrons. The number of nitrogens with one attached hydrogen (secondary N) is 1. The standard InChI is InChI=1S/C14H22F3N3S/c1-12(9-18-10-13-3-2-8-21-13)20-6-4-19(5-7-20)11-14(15,16)17/h2-3,8,12,18H,4-7,9-11H2,1H3. The summed E-state index contributed by atoms with van der Waals surface area (Å²) in [5, 5.41) is 5.47. The van der Waals surface area contributed by atoms with Crippen molar-refractivity contribution in [3.05, 3.63) is 22.4 Å². The normalized spacial score (nSPS) is 19.8. The van der Waals surface area contributed by atoms with Crippen molar-refractivity contribution in [3.63, 3.8) is 0 Å². The fourth-order valence-corrected chi connectivity index (χ4v) is 3.24. The first-order valence-electron chi connectivity index (χ1n) is 7.20. The third-order valence-corrected chi connectivity index (χ3v) is 4.63. The molecule has 1 N–H and O–H groups in total. The van der Waals surface area contributed by atoms with E-state index in [1.54, 1.807) is 11.3 Å². The predicted molar refractivity (Wildman–Crippen MR) is 79.6 cm³/mol. The first-order valence-corrected chi connectivity index (χ1v) is 8.08. The summed E-state index contributed by atoms with van der Waals surface area (Å²) in [7, 11) is 0. The highest BCUT2D eigenvalue weighted by atomic mass is 32.1. The zero-order valence-corrected chi connectivity index (χ0v) is 13.0. The molecule has 1 atom stereocenters. The van der Waals surface area contributed by atoms with Crippen LogP contribution in [0.3, 0.4) is 0 Å². The molecule has 1 saturated heterocycles. The lowest BCUT2D eigenvalue weighted by Crippen LogP contribution is -2.53. The van der Waals surface area contributed by atoms with Crippen LogP contribution in [0, 0.1) is 0 Å². The molecule has 0 aliphatic carbocycles. The van der Waals surface area contributed by atoms with E-state index in [-0.39, 0.29) is 0 Å². The number of halogens is 3. The quantitative estimate of drug-likeness (QED) is 0.868. The van der Waals surface area contributed by atoms with Gasteiger partial charge in [-0.3, -0.25) is 9.80 Å². The molecule has 0 saturated carbocycles. The number of nitrogens with zero attached hydrogens (tertiary/aromatic N) is 2. The van der Waals surface area contributed by atoms with Gasteiger partial charge in [0.2, 0.25) is 0 Å². The average Bonchev–Trinajstić information content (AvgIpc) is 2.91. The predicted octanol–water partition coefficient (Wildman–Crippen LogP) is 2.41. The number of piperazine rings is 1. The van der Waals surface area contributed by atoms with E-state index in [0.29, 0.717) is 32.2 Å². The second kappa shape index (κ2) is 7.58. The highest BCUT2D eigenvalue weighted by Gasteiger charge is 2.32. The van der Waals surface area contributed by atoms with Crippen molar-refractivity contribution in [1.82, 2.24) is 15.1 Å². The number of thiophene rings is 1. The molecular formula is C14H22F3N3S. The van der Waals surface area contributed by atoms with Crippen LogP contribution in [0.2, 0.25) is 0 Å². The Hall–Kier alpha value is -0.630. The van der Waals surface area contributed by atoms with Crippen LogP contribution < -0.4 is 5.32 Å². The molecule has 7 heteroatoms. The maximum Gasteiger partial charge on any atom is 0.401 e. The van der Waals surface area contributed by atoms with Crippen molar-refractivity contribution < 1.29 is 13.2 Å². The van der Waals surface area contributed by atoms with E-state index < -0.39 is 12.7 Å². The molecular weight excluding hydrogens is 299 g/mol. The van der Waals surface area contributed by atoms with Crippen LogP contribution in [0.4, 0.5) is 13.2 Å². The lowest BCUT2D eigenvalue weighted by atomic mass is 10.2. The molecule has 0 bridgehead atoms. The SMILES string of the molecule is CC(CNCc1cccs1)N1CCN(CC(F)(F)F)CC1. The maximum absolute atomic E-state index is 12.3. The van der Waals surface area contributed by atoms with Gasteiger partial charge in [0.15, 0.2) is 0 Å². The van der Waals surface area contributed by atoms with Crippen LogP contribution in [0.15, 0.2) is 17.5 Å². The topological polar surface area (TPSA) is 18.5 Å². The van der Waals surface area contributed by atoms with Crippen LogP contribution in [-0.2, 0) is 6.54 Å². The van der Waals surface area contributed by atoms with Crippen molar-refractivity contribution in [2.45, 2.75) is 25.7 Å². The van der Waals surface area contributed by atoms with Crippen LogP contribution in [0.5, 0.6) is 0 Å². The van der Waals surface area contributed by atoms with Gasteiger partial charge in [-0.05, 0) is 18.4 Å². The van der Waals surface area contributed by atoms with Gasteiger partial charge < -0.3 is 5.32 Å². The average molecular weight is 321 g/mol. The third-order valence-electron chi connectivity index (χ3n) is 3.75. The molecule has 2 heterocycles. The fraction of sp³-hybridized carbons (Fsp3) is 0.714. The van der Waals surface area contributed by atoms with Gasteiger partial charge in [0.1, 0.15) is 0 Å². The molecule has 1 aromatic rings. The number of hydrogen-bond acceptors (Lipinski definition) is 4. The number of alkyl halides is 3. The van der Waals surface area contributed by atoms with Gasteiger partial charge in [0, 0.05) is 50.2 Å². The van der Waals surface area contributed by atoms with Gasteiger partial charge in [0.25, 0.3) is 0 Å². The van der Waals surface area contributed by atoms with E-state index in [0.717, 1.165) is 13.1 Å². The lowest BCUT2D eigenvalue weighted by molar-refractivity contribution is -0.149. The summed E-state index contributed by atoms with van der Waals surface area (Å²) < 4.78 is 37.0. The molecule has 1 aliphatic heterocycles. The van der Waals surface area contributed by atoms with Crippen LogP contribution >= 0.6 is 11.3 Å². The van der Waals surface area contributed by atoms with Gasteiger partial charge in [-0.15, -0.1) is 11.3 Å². The van der Waals surface area contributed by atoms with E-state index in [9.17, 15) is 13.2 Å². The smallest absolute Gasteiger partial charge is 0.310 e. The van der Waals surface area contributed by atoms with Crippen molar-refractivity contribution >= 4 is 11.3 Å². The van der Waals surface area contributed by atoms with E-state index >= 15 is 0 Å². The summed E-state index contributed by atoms with van der Waals surface area (Å²) in [4.78, 5) is 5.05. The minimum Gasteiger partial charge on any atom is -0.310 e. The molecule has 0 amide bonds. The van der Waals surface area contributed by atoms with Crippen LogP contribution in [0.25, 0.3) is 0 Å². The third kappa shape index (κ3) is 5.94. The first-order chi connectivity index (χ1) is 9.94. The Labute approximate surface area is 127 Å². The Morgan fingerprint density at radius 1 is 1.29 bits per heavy atom. The molecule has 0 aromatic carbocycles. The van der Waals surface area contributed by atoms with Gasteiger partial charge in [0.05, 0.1) is 6.54 Å². The molecule has 1 aromatic heterocycles. The fourth-order valence-electron chi connectivity index (χ4n) is 2.56. The van der Waals surface area contributed by atoms with Gasteiger partial charge in [-0.25, -0.2) is 0 Å². The minimum atomic E-state index is -4.09. The Kier molecular flexibility index (Phi) is 6.04. The zero-order valence-electron chi connectivity index (χ0n) is 12.2. The molecule has 0 radical (unpaired) electrons. The number of hydrogen-bond donors (Lipinski definition) is 1. The van der Waals surface area contributed by atoms with Crippen LogP contribution in [0.1, 0.15) is 11.8 Å². The van der Waals surface area contributed by atoms with E-state index in [2.05, 4.69) is 28.6 Å². The van der Waals surface area contributed by atoms with E-state index in [1.165, 1.54) is 9.78 Å². The van der Waals surface area contributed by atoms with Gasteiger partial charge >= 0.3 is 6.18 Å². The molecule has 0 spiro atoms. The molecule has 1 fully saturated rings. The summed E-state index contributed by atoms with van der Waals surface area (Å²) in [6.07, 6.45) is -4.09. The summed E-state index contributed by atoms with van der Waals surface area (Å²) in [6.45, 7) is 5.46. The van der Waals surface area contributed by atoms with E-state index in [4.69, 9.17) is 0 Å². The van der Waals surface area contributed by atoms with Gasteiger partial charge in [-0.1, -0.05) is 6.07 Å². The highest BCUT2D eigenvalue weighted by Crippen LogP contribution is 2.18. The summed E-state index contributed by atoms with van der Waals surface area (Å²) in [5.41, 5.74) is 0. The monoisotopic (exact) mass is 321 g/mol. The molecule has 1 aliphatic rings. The Balaban J connectivity index is 1.64. The molecule has 1 unspecified atom stereocenters. The zero-order chi connectivity index (χ0) is 15.3. The number of rotatable bonds is 6.